The molecule has 0 spiro atoms. The first kappa shape index (κ1) is 14.0. The molecule has 0 saturated heterocycles. The van der Waals surface area contributed by atoms with Crippen LogP contribution < -0.4 is 14.8 Å². The van der Waals surface area contributed by atoms with Crippen LogP contribution in [0.25, 0.3) is 10.2 Å². The van der Waals surface area contributed by atoms with Crippen LogP contribution in [0.2, 0.25) is 0 Å². The van der Waals surface area contributed by atoms with Crippen molar-refractivity contribution in [3.05, 3.63) is 47.5 Å². The first-order valence-electron chi connectivity index (χ1n) is 7.32. The summed E-state index contributed by atoms with van der Waals surface area (Å²) in [7, 11) is 0. The Morgan fingerprint density at radius 1 is 1.17 bits per heavy atom. The van der Waals surface area contributed by atoms with E-state index in [1.54, 1.807) is 23.5 Å². The van der Waals surface area contributed by atoms with Crippen LogP contribution >= 0.6 is 11.3 Å². The number of benzene rings is 2. The van der Waals surface area contributed by atoms with Crippen molar-refractivity contribution in [2.45, 2.75) is 12.8 Å². The number of aromatic nitrogens is 1. The minimum atomic E-state index is -0.0388. The van der Waals surface area contributed by atoms with Crippen LogP contribution in [-0.2, 0) is 11.2 Å². The maximum Gasteiger partial charge on any atom is 0.231 e. The van der Waals surface area contributed by atoms with E-state index >= 15 is 0 Å². The summed E-state index contributed by atoms with van der Waals surface area (Å²) >= 11 is 1.63. The van der Waals surface area contributed by atoms with Gasteiger partial charge in [0, 0.05) is 24.6 Å². The predicted molar refractivity (Wildman–Crippen MR) is 89.1 cm³/mol. The zero-order valence-corrected chi connectivity index (χ0v) is 13.1. The number of nitrogens with one attached hydrogen (secondary N) is 1. The number of nitrogens with zero attached hydrogens (tertiary/aromatic N) is 1. The Morgan fingerprint density at radius 2 is 2.04 bits per heavy atom. The van der Waals surface area contributed by atoms with Gasteiger partial charge in [-0.1, -0.05) is 12.1 Å². The average molecular weight is 326 g/mol. The van der Waals surface area contributed by atoms with Crippen molar-refractivity contribution < 1.29 is 14.3 Å². The van der Waals surface area contributed by atoms with Gasteiger partial charge in [0.1, 0.15) is 0 Å². The average Bonchev–Trinajstić information content (AvgIpc) is 3.18. The van der Waals surface area contributed by atoms with E-state index in [-0.39, 0.29) is 12.7 Å². The van der Waals surface area contributed by atoms with Gasteiger partial charge in [-0.05, 0) is 24.3 Å². The second-order valence-corrected chi connectivity index (χ2v) is 6.31. The number of thiazole rings is 1. The lowest BCUT2D eigenvalue weighted by Gasteiger charge is -2.05. The summed E-state index contributed by atoms with van der Waals surface area (Å²) in [6, 6.07) is 13.4. The number of anilines is 1. The van der Waals surface area contributed by atoms with Crippen molar-refractivity contribution in [2.24, 2.45) is 0 Å². The summed E-state index contributed by atoms with van der Waals surface area (Å²) in [5.41, 5.74) is 1.70. The lowest BCUT2D eigenvalue weighted by atomic mass is 10.2. The van der Waals surface area contributed by atoms with Gasteiger partial charge in [-0.15, -0.1) is 11.3 Å². The number of aryl methyl sites for hydroxylation is 1. The Hall–Kier alpha value is -2.60. The van der Waals surface area contributed by atoms with E-state index in [2.05, 4.69) is 10.3 Å². The molecule has 0 radical (unpaired) electrons. The number of hydrogen-bond acceptors (Lipinski definition) is 5. The van der Waals surface area contributed by atoms with Crippen molar-refractivity contribution in [2.75, 3.05) is 12.1 Å². The lowest BCUT2D eigenvalue weighted by molar-refractivity contribution is -0.116. The van der Waals surface area contributed by atoms with Crippen molar-refractivity contribution in [3.63, 3.8) is 0 Å². The fourth-order valence-electron chi connectivity index (χ4n) is 2.45. The molecular formula is C17H14N2O3S. The normalized spacial score (nSPS) is 12.5. The third-order valence-corrected chi connectivity index (χ3v) is 4.66. The van der Waals surface area contributed by atoms with Gasteiger partial charge in [-0.2, -0.15) is 0 Å². The van der Waals surface area contributed by atoms with Crippen LogP contribution in [0, 0.1) is 0 Å². The van der Waals surface area contributed by atoms with Crippen LogP contribution in [0.5, 0.6) is 11.5 Å². The second-order valence-electron chi connectivity index (χ2n) is 5.19. The third-order valence-electron chi connectivity index (χ3n) is 3.56. The van der Waals surface area contributed by atoms with E-state index < -0.39 is 0 Å². The maximum absolute atomic E-state index is 12.1. The van der Waals surface area contributed by atoms with E-state index in [9.17, 15) is 4.79 Å². The van der Waals surface area contributed by atoms with Crippen LogP contribution in [0.15, 0.2) is 42.5 Å². The van der Waals surface area contributed by atoms with Crippen LogP contribution in [0.1, 0.15) is 11.4 Å². The predicted octanol–water partition coefficient (Wildman–Crippen LogP) is 3.60. The Kier molecular flexibility index (Phi) is 3.59. The zero-order chi connectivity index (χ0) is 15.6. The van der Waals surface area contributed by atoms with E-state index in [0.717, 1.165) is 15.2 Å². The molecule has 1 amide bonds. The van der Waals surface area contributed by atoms with Crippen molar-refractivity contribution in [1.82, 2.24) is 4.98 Å². The van der Waals surface area contributed by atoms with E-state index in [0.29, 0.717) is 30.0 Å². The Balaban J connectivity index is 1.38. The molecule has 0 saturated carbocycles. The number of rotatable bonds is 4. The minimum absolute atomic E-state index is 0.0388. The fourth-order valence-corrected chi connectivity index (χ4v) is 3.41. The maximum atomic E-state index is 12.1. The summed E-state index contributed by atoms with van der Waals surface area (Å²) in [6.45, 7) is 0.227. The molecule has 1 N–H and O–H groups in total. The van der Waals surface area contributed by atoms with Gasteiger partial charge in [-0.25, -0.2) is 4.98 Å². The summed E-state index contributed by atoms with van der Waals surface area (Å²) < 4.78 is 11.7. The van der Waals surface area contributed by atoms with Gasteiger partial charge in [0.2, 0.25) is 12.7 Å². The number of carbonyl (C=O) groups is 1. The van der Waals surface area contributed by atoms with E-state index in [1.165, 1.54) is 0 Å². The highest BCUT2D eigenvalue weighted by molar-refractivity contribution is 7.18. The van der Waals surface area contributed by atoms with Gasteiger partial charge in [-0.3, -0.25) is 4.79 Å². The number of amides is 1. The first-order valence-corrected chi connectivity index (χ1v) is 8.13. The summed E-state index contributed by atoms with van der Waals surface area (Å²) in [5, 5.41) is 3.86. The number of para-hydroxylation sites is 1. The summed E-state index contributed by atoms with van der Waals surface area (Å²) in [6.07, 6.45) is 1.03. The summed E-state index contributed by atoms with van der Waals surface area (Å²) in [5.74, 6) is 1.33. The summed E-state index contributed by atoms with van der Waals surface area (Å²) in [4.78, 5) is 16.6. The fraction of sp³-hybridized carbons (Fsp3) is 0.176. The molecule has 0 atom stereocenters. The number of fused-ring (bicyclic) bond motifs is 2. The Labute approximate surface area is 136 Å². The molecule has 5 nitrogen and oxygen atoms in total. The lowest BCUT2D eigenvalue weighted by Crippen LogP contribution is -2.12. The molecule has 0 fully saturated rings. The molecule has 0 aliphatic carbocycles. The second kappa shape index (κ2) is 5.89. The molecule has 2 aromatic carbocycles. The quantitative estimate of drug-likeness (QED) is 0.796. The number of hydrogen-bond donors (Lipinski definition) is 1. The SMILES string of the molecule is O=C(CCc1nc2ccccc2s1)Nc1ccc2c(c1)OCO2. The molecule has 2 heterocycles. The molecule has 23 heavy (non-hydrogen) atoms. The van der Waals surface area contributed by atoms with Crippen LogP contribution in [0.3, 0.4) is 0 Å². The smallest absolute Gasteiger partial charge is 0.231 e. The highest BCUT2D eigenvalue weighted by Crippen LogP contribution is 2.34. The molecule has 3 aromatic rings. The number of ether oxygens (including phenoxy) is 2. The van der Waals surface area contributed by atoms with Gasteiger partial charge in [0.25, 0.3) is 0 Å². The number of carbonyl (C=O) groups excluding carboxylic acids is 1. The minimum Gasteiger partial charge on any atom is -0.454 e. The standard InChI is InChI=1S/C17H14N2O3S/c20-16(18-11-5-6-13-14(9-11)22-10-21-13)7-8-17-19-12-3-1-2-4-15(12)23-17/h1-6,9H,7-8,10H2,(H,18,20). The molecule has 6 heteroatoms. The topological polar surface area (TPSA) is 60.5 Å². The van der Waals surface area contributed by atoms with E-state index in [4.69, 9.17) is 9.47 Å². The molecule has 0 bridgehead atoms. The van der Waals surface area contributed by atoms with E-state index in [1.807, 2.05) is 30.3 Å². The molecular weight excluding hydrogens is 312 g/mol. The molecule has 1 aliphatic heterocycles. The highest BCUT2D eigenvalue weighted by Gasteiger charge is 2.14. The zero-order valence-electron chi connectivity index (χ0n) is 12.2. The van der Waals surface area contributed by atoms with Crippen LogP contribution in [0.4, 0.5) is 5.69 Å². The molecule has 1 aliphatic rings. The van der Waals surface area contributed by atoms with Crippen LogP contribution in [-0.4, -0.2) is 17.7 Å². The third kappa shape index (κ3) is 2.98. The molecule has 0 unspecified atom stereocenters. The molecule has 1 aromatic heterocycles. The van der Waals surface area contributed by atoms with Gasteiger partial charge in [0.15, 0.2) is 11.5 Å². The molecule has 4 rings (SSSR count). The van der Waals surface area contributed by atoms with Crippen molar-refractivity contribution >= 4 is 33.1 Å². The van der Waals surface area contributed by atoms with Crippen molar-refractivity contribution in [1.29, 1.82) is 0 Å². The Morgan fingerprint density at radius 3 is 2.96 bits per heavy atom. The largest absolute Gasteiger partial charge is 0.454 e. The monoisotopic (exact) mass is 326 g/mol. The highest BCUT2D eigenvalue weighted by atomic mass is 32.1. The van der Waals surface area contributed by atoms with Gasteiger partial charge in [0.05, 0.1) is 15.2 Å². The Bertz CT molecular complexity index is 842. The van der Waals surface area contributed by atoms with Gasteiger partial charge < -0.3 is 14.8 Å². The first-order chi connectivity index (χ1) is 11.3. The molecule has 116 valence electrons. The van der Waals surface area contributed by atoms with Gasteiger partial charge >= 0.3 is 0 Å². The van der Waals surface area contributed by atoms with Crippen molar-refractivity contribution in [3.8, 4) is 11.5 Å².